The number of furan rings is 1. The Labute approximate surface area is 221 Å². The maximum atomic E-state index is 13.0. The average molecular weight is 529 g/mol. The van der Waals surface area contributed by atoms with Crippen molar-refractivity contribution in [1.29, 1.82) is 0 Å². The number of carbonyl (C=O) groups excluding carboxylic acids is 3. The van der Waals surface area contributed by atoms with Crippen molar-refractivity contribution in [3.8, 4) is 0 Å². The fraction of sp³-hybridized carbons (Fsp3) is 0.690. The summed E-state index contributed by atoms with van der Waals surface area (Å²) in [5.74, 6) is -4.12. The zero-order valence-electron chi connectivity index (χ0n) is 22.5. The lowest BCUT2D eigenvalue weighted by molar-refractivity contribution is -0.428. The summed E-state index contributed by atoms with van der Waals surface area (Å²) < 4.78 is 28.5. The number of esters is 3. The van der Waals surface area contributed by atoms with Crippen molar-refractivity contribution in [1.82, 2.24) is 0 Å². The largest absolute Gasteiger partial charge is 0.472 e. The number of aliphatic hydroxyl groups is 1. The van der Waals surface area contributed by atoms with Gasteiger partial charge in [0.15, 0.2) is 5.79 Å². The molecule has 7 rings (SSSR count). The van der Waals surface area contributed by atoms with Crippen molar-refractivity contribution in [2.45, 2.75) is 71.4 Å². The van der Waals surface area contributed by atoms with Gasteiger partial charge in [-0.15, -0.1) is 0 Å². The fourth-order valence-electron chi connectivity index (χ4n) is 9.11. The van der Waals surface area contributed by atoms with Gasteiger partial charge in [0, 0.05) is 35.2 Å². The second kappa shape index (κ2) is 8.18. The van der Waals surface area contributed by atoms with Crippen LogP contribution in [0.3, 0.4) is 0 Å². The highest BCUT2D eigenvalue weighted by Crippen LogP contribution is 2.74. The van der Waals surface area contributed by atoms with Crippen molar-refractivity contribution in [3.63, 3.8) is 0 Å². The molecule has 206 valence electrons. The molecular weight excluding hydrogens is 492 g/mol. The first-order chi connectivity index (χ1) is 17.9. The zero-order valence-corrected chi connectivity index (χ0v) is 22.5. The highest BCUT2D eigenvalue weighted by atomic mass is 16.6. The number of hydrogen-bond acceptors (Lipinski definition) is 9. The van der Waals surface area contributed by atoms with Crippen LogP contribution in [0, 0.1) is 39.9 Å². The Morgan fingerprint density at radius 3 is 2.61 bits per heavy atom. The molecule has 6 aliphatic rings. The predicted molar refractivity (Wildman–Crippen MR) is 131 cm³/mol. The molecule has 38 heavy (non-hydrogen) atoms. The molecule has 0 aromatic carbocycles. The molecule has 3 aliphatic carbocycles. The Bertz CT molecular complexity index is 1200. The van der Waals surface area contributed by atoms with E-state index in [1.807, 2.05) is 26.0 Å². The molecule has 1 aromatic rings. The molecule has 9 nitrogen and oxygen atoms in total. The molecule has 4 heterocycles. The number of carbonyl (C=O) groups is 3. The summed E-state index contributed by atoms with van der Waals surface area (Å²) in [4.78, 5) is 38.0. The van der Waals surface area contributed by atoms with E-state index in [1.165, 1.54) is 14.0 Å². The summed E-state index contributed by atoms with van der Waals surface area (Å²) in [7, 11) is 1.35. The van der Waals surface area contributed by atoms with Gasteiger partial charge in [-0.25, -0.2) is 0 Å². The molecule has 0 spiro atoms. The number of hydrogen-bond donors (Lipinski definition) is 1. The van der Waals surface area contributed by atoms with Crippen LogP contribution in [0.4, 0.5) is 0 Å². The van der Waals surface area contributed by atoms with Crippen LogP contribution >= 0.6 is 0 Å². The number of ether oxygens (including phenoxy) is 4. The second-order valence-corrected chi connectivity index (χ2v) is 12.6. The molecule has 2 saturated carbocycles. The highest BCUT2D eigenvalue weighted by molar-refractivity contribution is 5.73. The Hall–Kier alpha value is -2.65. The standard InChI is InChI=1S/C29H36O9/c1-15(30)37-25-20-10-17-18(28(4)21(12-22(31)34-5)27(25,3)14-36-29(20,28)33)6-8-26(2)19(17)11-23(32)38-24(26)16-7-9-35-13-16/h7,9-10,13,18-21,24-25,33H,6,8,11-12,14H2,1-5H3/t18-,19-,20-,21-,24-,25+,26+,27+,28+,29+/m0/s1. The minimum absolute atomic E-state index is 0.0606. The molecule has 0 amide bonds. The molecule has 3 aliphatic heterocycles. The normalized spacial score (nSPS) is 46.8. The molecular formula is C29H36O9. The van der Waals surface area contributed by atoms with Crippen LogP contribution in [0.25, 0.3) is 0 Å². The molecule has 9 heteroatoms. The van der Waals surface area contributed by atoms with E-state index < -0.39 is 46.1 Å². The van der Waals surface area contributed by atoms with Gasteiger partial charge in [-0.1, -0.05) is 32.4 Å². The summed E-state index contributed by atoms with van der Waals surface area (Å²) >= 11 is 0. The number of rotatable bonds is 4. The zero-order chi connectivity index (χ0) is 27.3. The number of methoxy groups -OCH3 is 1. The summed E-state index contributed by atoms with van der Waals surface area (Å²) in [6.07, 6.45) is 5.80. The summed E-state index contributed by atoms with van der Waals surface area (Å²) in [6.45, 7) is 7.65. The Kier molecular flexibility index (Phi) is 5.51. The van der Waals surface area contributed by atoms with E-state index in [0.29, 0.717) is 6.42 Å². The van der Waals surface area contributed by atoms with Gasteiger partial charge < -0.3 is 28.5 Å². The van der Waals surface area contributed by atoms with Crippen molar-refractivity contribution >= 4 is 17.9 Å². The SMILES string of the molecule is COC(=O)C[C@H]1[C@@]2(C)CO[C@]3(O)[C@@H](C=C4[C@@H]5CC(=O)O[C@@H](c6ccoc6)[C@]5(C)CC[C@@H]4[C@]13C)[C@H]2OC(C)=O. The lowest BCUT2D eigenvalue weighted by Gasteiger charge is -2.73. The van der Waals surface area contributed by atoms with E-state index in [2.05, 4.69) is 6.92 Å². The van der Waals surface area contributed by atoms with Crippen LogP contribution in [0.1, 0.15) is 65.0 Å². The van der Waals surface area contributed by atoms with Gasteiger partial charge in [-0.05, 0) is 36.7 Å². The van der Waals surface area contributed by atoms with E-state index in [4.69, 9.17) is 23.4 Å². The molecule has 5 fully saturated rings. The molecule has 1 aromatic heterocycles. The lowest BCUT2D eigenvalue weighted by atomic mass is 9.37. The molecule has 0 radical (unpaired) electrons. The number of fused-ring (bicyclic) bond motifs is 4. The molecule has 10 atom stereocenters. The first-order valence-electron chi connectivity index (χ1n) is 13.4. The van der Waals surface area contributed by atoms with Crippen LogP contribution in [-0.2, 0) is 33.3 Å². The first kappa shape index (κ1) is 25.6. The van der Waals surface area contributed by atoms with Crippen LogP contribution in [-0.4, -0.2) is 48.6 Å². The smallest absolute Gasteiger partial charge is 0.307 e. The third-order valence-electron chi connectivity index (χ3n) is 10.9. The van der Waals surface area contributed by atoms with Gasteiger partial charge in [0.05, 0.1) is 38.6 Å². The third kappa shape index (κ3) is 3.09. The van der Waals surface area contributed by atoms with Gasteiger partial charge in [-0.2, -0.15) is 0 Å². The maximum absolute atomic E-state index is 13.0. The van der Waals surface area contributed by atoms with Crippen molar-refractivity contribution in [2.24, 2.45) is 39.9 Å². The summed E-state index contributed by atoms with van der Waals surface area (Å²) in [6, 6.07) is 1.84. The third-order valence-corrected chi connectivity index (χ3v) is 10.9. The minimum Gasteiger partial charge on any atom is -0.472 e. The van der Waals surface area contributed by atoms with Crippen LogP contribution in [0.15, 0.2) is 34.7 Å². The second-order valence-electron chi connectivity index (χ2n) is 12.6. The molecule has 4 bridgehead atoms. The number of allylic oxidation sites excluding steroid dienone is 1. The van der Waals surface area contributed by atoms with E-state index in [-0.39, 0.29) is 49.1 Å². The Morgan fingerprint density at radius 1 is 1.18 bits per heavy atom. The van der Waals surface area contributed by atoms with Crippen molar-refractivity contribution in [2.75, 3.05) is 13.7 Å². The topological polar surface area (TPSA) is 122 Å². The predicted octanol–water partition coefficient (Wildman–Crippen LogP) is 3.71. The summed E-state index contributed by atoms with van der Waals surface area (Å²) in [5, 5.41) is 12.3. The number of cyclic esters (lactones) is 1. The molecule has 3 saturated heterocycles. The minimum atomic E-state index is -1.65. The van der Waals surface area contributed by atoms with Crippen molar-refractivity contribution in [3.05, 3.63) is 35.8 Å². The Balaban J connectivity index is 1.52. The first-order valence-corrected chi connectivity index (χ1v) is 13.4. The molecule has 1 N–H and O–H groups in total. The van der Waals surface area contributed by atoms with Crippen molar-refractivity contribution < 1.29 is 42.9 Å². The van der Waals surface area contributed by atoms with E-state index >= 15 is 0 Å². The quantitative estimate of drug-likeness (QED) is 0.354. The van der Waals surface area contributed by atoms with Gasteiger partial charge in [0.1, 0.15) is 12.2 Å². The lowest BCUT2D eigenvalue weighted by Crippen LogP contribution is -2.80. The van der Waals surface area contributed by atoms with E-state index in [1.54, 1.807) is 12.5 Å². The monoisotopic (exact) mass is 528 g/mol. The van der Waals surface area contributed by atoms with Gasteiger partial charge in [0.25, 0.3) is 0 Å². The van der Waals surface area contributed by atoms with Gasteiger partial charge >= 0.3 is 17.9 Å². The maximum Gasteiger partial charge on any atom is 0.307 e. The van der Waals surface area contributed by atoms with Gasteiger partial charge in [0.2, 0.25) is 0 Å². The van der Waals surface area contributed by atoms with E-state index in [9.17, 15) is 19.5 Å². The van der Waals surface area contributed by atoms with E-state index in [0.717, 1.165) is 17.6 Å². The average Bonchev–Trinajstić information content (AvgIpc) is 3.39. The van der Waals surface area contributed by atoms with Crippen LogP contribution in [0.2, 0.25) is 0 Å². The van der Waals surface area contributed by atoms with Gasteiger partial charge in [-0.3, -0.25) is 14.4 Å². The molecule has 0 unspecified atom stereocenters. The summed E-state index contributed by atoms with van der Waals surface area (Å²) in [5.41, 5.74) is -0.129. The van der Waals surface area contributed by atoms with Crippen LogP contribution in [0.5, 0.6) is 0 Å². The van der Waals surface area contributed by atoms with Crippen LogP contribution < -0.4 is 0 Å². The Morgan fingerprint density at radius 2 is 1.95 bits per heavy atom. The highest BCUT2D eigenvalue weighted by Gasteiger charge is 2.78. The fourth-order valence-corrected chi connectivity index (χ4v) is 9.11.